The Morgan fingerprint density at radius 2 is 1.11 bits per heavy atom. The van der Waals surface area contributed by atoms with E-state index in [-0.39, 0.29) is 11.6 Å². The average Bonchev–Trinajstić information content (AvgIpc) is 3.32. The molecule has 6 aromatic rings. The Labute approximate surface area is 220 Å². The number of fused-ring (bicyclic) bond motifs is 1. The van der Waals surface area contributed by atoms with Crippen LogP contribution in [0.15, 0.2) is 133 Å². The van der Waals surface area contributed by atoms with Crippen molar-refractivity contribution in [1.82, 2.24) is 9.78 Å². The molecule has 0 aliphatic carbocycles. The minimum absolute atomic E-state index is 0.305. The zero-order valence-corrected chi connectivity index (χ0v) is 20.5. The second-order valence-electron chi connectivity index (χ2n) is 9.16. The smallest absolute Gasteiger partial charge is 0.138 e. The molecule has 2 nitrogen and oxygen atoms in total. The van der Waals surface area contributed by atoms with Crippen LogP contribution in [0.4, 0.5) is 8.78 Å². The summed E-state index contributed by atoms with van der Waals surface area (Å²) >= 11 is 0. The van der Waals surface area contributed by atoms with Crippen LogP contribution in [0.3, 0.4) is 0 Å². The molecule has 5 aromatic carbocycles. The van der Waals surface area contributed by atoms with Crippen LogP contribution in [0.5, 0.6) is 0 Å². The molecule has 4 heteroatoms. The maximum Gasteiger partial charge on any atom is 0.138 e. The summed E-state index contributed by atoms with van der Waals surface area (Å²) in [7, 11) is 0. The summed E-state index contributed by atoms with van der Waals surface area (Å²) < 4.78 is 30.6. The molecule has 0 aliphatic heterocycles. The standard InChI is InChI=1S/C34H24F2N2/c35-29-18-10-11-25(23-29)19-22-32-31-21-20-30(36)24-33(31)38(37-32)34(26-12-4-1-5-13-26,27-14-6-2-7-15-27)28-16-8-3-9-17-28/h1-24H/b22-19+. The van der Waals surface area contributed by atoms with E-state index in [1.165, 1.54) is 24.3 Å². The highest BCUT2D eigenvalue weighted by Gasteiger charge is 2.40. The number of rotatable bonds is 6. The third kappa shape index (κ3) is 4.10. The Bertz CT molecular complexity index is 1630. The number of halogens is 2. The molecule has 0 unspecified atom stereocenters. The van der Waals surface area contributed by atoms with Crippen molar-refractivity contribution in [3.8, 4) is 0 Å². The first-order valence-corrected chi connectivity index (χ1v) is 12.5. The van der Waals surface area contributed by atoms with Crippen LogP contribution in [0.1, 0.15) is 27.9 Å². The fraction of sp³-hybridized carbons (Fsp3) is 0.0294. The summed E-state index contributed by atoms with van der Waals surface area (Å²) in [5.74, 6) is -0.650. The Morgan fingerprint density at radius 1 is 0.553 bits per heavy atom. The van der Waals surface area contributed by atoms with Crippen molar-refractivity contribution in [1.29, 1.82) is 0 Å². The van der Waals surface area contributed by atoms with Crippen molar-refractivity contribution < 1.29 is 8.78 Å². The van der Waals surface area contributed by atoms with Crippen LogP contribution in [0.2, 0.25) is 0 Å². The third-order valence-corrected chi connectivity index (χ3v) is 6.85. The zero-order valence-electron chi connectivity index (χ0n) is 20.5. The number of nitrogens with zero attached hydrogens (tertiary/aromatic N) is 2. The highest BCUT2D eigenvalue weighted by molar-refractivity contribution is 5.90. The lowest BCUT2D eigenvalue weighted by Crippen LogP contribution is -2.38. The molecule has 38 heavy (non-hydrogen) atoms. The van der Waals surface area contributed by atoms with Crippen molar-refractivity contribution >= 4 is 23.1 Å². The van der Waals surface area contributed by atoms with E-state index >= 15 is 0 Å². The molecule has 6 rings (SSSR count). The first-order chi connectivity index (χ1) is 18.7. The molecule has 0 saturated carbocycles. The van der Waals surface area contributed by atoms with Crippen LogP contribution in [0, 0.1) is 11.6 Å². The van der Waals surface area contributed by atoms with Gasteiger partial charge >= 0.3 is 0 Å². The van der Waals surface area contributed by atoms with Gasteiger partial charge in [-0.1, -0.05) is 109 Å². The van der Waals surface area contributed by atoms with Gasteiger partial charge in [0.05, 0.1) is 11.2 Å². The van der Waals surface area contributed by atoms with Gasteiger partial charge in [-0.05, 0) is 58.7 Å². The van der Waals surface area contributed by atoms with E-state index in [0.29, 0.717) is 11.2 Å². The predicted molar refractivity (Wildman–Crippen MR) is 150 cm³/mol. The number of hydrogen-bond donors (Lipinski definition) is 0. The van der Waals surface area contributed by atoms with Gasteiger partial charge in [-0.3, -0.25) is 0 Å². The van der Waals surface area contributed by atoms with Crippen molar-refractivity contribution in [3.05, 3.63) is 173 Å². The predicted octanol–water partition coefficient (Wildman–Crippen LogP) is 8.33. The van der Waals surface area contributed by atoms with Gasteiger partial charge in [0.2, 0.25) is 0 Å². The largest absolute Gasteiger partial charge is 0.245 e. The van der Waals surface area contributed by atoms with E-state index < -0.39 is 5.54 Å². The first kappa shape index (κ1) is 23.6. The van der Waals surface area contributed by atoms with Crippen molar-refractivity contribution in [2.45, 2.75) is 5.54 Å². The molecule has 0 radical (unpaired) electrons. The summed E-state index contributed by atoms with van der Waals surface area (Å²) in [4.78, 5) is 0. The average molecular weight is 499 g/mol. The molecule has 0 saturated heterocycles. The Morgan fingerprint density at radius 3 is 1.66 bits per heavy atom. The SMILES string of the molecule is Fc1cccc(/C=C/c2nn(C(c3ccccc3)(c3ccccc3)c3ccccc3)c3cc(F)ccc23)c1. The van der Waals surface area contributed by atoms with E-state index in [2.05, 4.69) is 36.4 Å². The van der Waals surface area contributed by atoms with Gasteiger partial charge in [0.1, 0.15) is 17.2 Å². The Kier molecular flexibility index (Phi) is 6.14. The van der Waals surface area contributed by atoms with Crippen molar-refractivity contribution in [2.75, 3.05) is 0 Å². The number of aromatic nitrogens is 2. The molecule has 1 heterocycles. The molecule has 0 bridgehead atoms. The van der Waals surface area contributed by atoms with E-state index in [0.717, 1.165) is 27.6 Å². The zero-order chi connectivity index (χ0) is 26.0. The molecule has 0 aliphatic rings. The Hall–Kier alpha value is -4.83. The van der Waals surface area contributed by atoms with Gasteiger partial charge in [0.25, 0.3) is 0 Å². The van der Waals surface area contributed by atoms with Gasteiger partial charge < -0.3 is 0 Å². The second kappa shape index (κ2) is 9.91. The molecule has 0 fully saturated rings. The van der Waals surface area contributed by atoms with Gasteiger partial charge in [0.15, 0.2) is 0 Å². The molecular formula is C34H24F2N2. The fourth-order valence-electron chi connectivity index (χ4n) is 5.18. The lowest BCUT2D eigenvalue weighted by atomic mass is 9.77. The number of benzene rings is 5. The summed E-state index contributed by atoms with van der Waals surface area (Å²) in [6, 6.07) is 41.6. The van der Waals surface area contributed by atoms with E-state index in [1.807, 2.05) is 77.5 Å². The van der Waals surface area contributed by atoms with Crippen LogP contribution >= 0.6 is 0 Å². The highest BCUT2D eigenvalue weighted by atomic mass is 19.1. The molecular weight excluding hydrogens is 474 g/mol. The maximum atomic E-state index is 14.8. The maximum absolute atomic E-state index is 14.8. The molecule has 0 spiro atoms. The summed E-state index contributed by atoms with van der Waals surface area (Å²) in [5.41, 5.74) is 4.12. The molecule has 0 amide bonds. The molecule has 1 aromatic heterocycles. The number of hydrogen-bond acceptors (Lipinski definition) is 1. The summed E-state index contributed by atoms with van der Waals surface area (Å²) in [6.45, 7) is 0. The van der Waals surface area contributed by atoms with Crippen LogP contribution in [-0.4, -0.2) is 9.78 Å². The lowest BCUT2D eigenvalue weighted by Gasteiger charge is -2.37. The van der Waals surface area contributed by atoms with E-state index in [4.69, 9.17) is 5.10 Å². The fourth-order valence-corrected chi connectivity index (χ4v) is 5.18. The second-order valence-corrected chi connectivity index (χ2v) is 9.16. The minimum atomic E-state index is -0.888. The summed E-state index contributed by atoms with van der Waals surface area (Å²) in [6.07, 6.45) is 3.69. The van der Waals surface area contributed by atoms with Gasteiger partial charge in [-0.25, -0.2) is 13.5 Å². The quantitative estimate of drug-likeness (QED) is 0.211. The van der Waals surface area contributed by atoms with Crippen molar-refractivity contribution in [3.63, 3.8) is 0 Å². The van der Waals surface area contributed by atoms with E-state index in [9.17, 15) is 8.78 Å². The van der Waals surface area contributed by atoms with Crippen LogP contribution in [-0.2, 0) is 5.54 Å². The molecule has 0 N–H and O–H groups in total. The minimum Gasteiger partial charge on any atom is -0.245 e. The van der Waals surface area contributed by atoms with Gasteiger partial charge in [-0.2, -0.15) is 5.10 Å². The van der Waals surface area contributed by atoms with Gasteiger partial charge in [0, 0.05) is 5.39 Å². The third-order valence-electron chi connectivity index (χ3n) is 6.85. The molecule has 184 valence electrons. The van der Waals surface area contributed by atoms with E-state index in [1.54, 1.807) is 12.1 Å². The first-order valence-electron chi connectivity index (χ1n) is 12.5. The van der Waals surface area contributed by atoms with Crippen LogP contribution < -0.4 is 0 Å². The Balaban J connectivity index is 1.70. The monoisotopic (exact) mass is 498 g/mol. The topological polar surface area (TPSA) is 17.8 Å². The van der Waals surface area contributed by atoms with Crippen LogP contribution in [0.25, 0.3) is 23.1 Å². The summed E-state index contributed by atoms with van der Waals surface area (Å²) in [5, 5.41) is 5.94. The van der Waals surface area contributed by atoms with Crippen molar-refractivity contribution in [2.24, 2.45) is 0 Å². The molecule has 0 atom stereocenters. The van der Waals surface area contributed by atoms with Gasteiger partial charge in [-0.15, -0.1) is 0 Å². The lowest BCUT2D eigenvalue weighted by molar-refractivity contribution is 0.474. The normalized spacial score (nSPS) is 11.8. The highest BCUT2D eigenvalue weighted by Crippen LogP contribution is 2.43.